The Kier molecular flexibility index (Phi) is 8.64. The van der Waals surface area contributed by atoms with E-state index in [9.17, 15) is 9.59 Å². The predicted molar refractivity (Wildman–Crippen MR) is 77.0 cm³/mol. The number of nitrogens with zero attached hydrogens (tertiary/aromatic N) is 1. The van der Waals surface area contributed by atoms with Crippen molar-refractivity contribution in [2.24, 2.45) is 0 Å². The van der Waals surface area contributed by atoms with Crippen LogP contribution in [-0.2, 0) is 19.1 Å². The van der Waals surface area contributed by atoms with Crippen LogP contribution in [0.2, 0.25) is 0 Å². The summed E-state index contributed by atoms with van der Waals surface area (Å²) in [5, 5.41) is 8.52. The zero-order valence-electron chi connectivity index (χ0n) is 11.9. The lowest BCUT2D eigenvalue weighted by Gasteiger charge is -2.31. The third kappa shape index (κ3) is 7.12. The Hall–Kier alpha value is -0.790. The molecule has 116 valence electrons. The minimum Gasteiger partial charge on any atom is -0.481 e. The summed E-state index contributed by atoms with van der Waals surface area (Å²) in [6.45, 7) is 5.23. The van der Waals surface area contributed by atoms with Gasteiger partial charge < -0.3 is 19.5 Å². The number of hydrogen-bond donors (Lipinski definition) is 1. The zero-order chi connectivity index (χ0) is 14.8. The van der Waals surface area contributed by atoms with Crippen LogP contribution in [0.15, 0.2) is 0 Å². The Morgan fingerprint density at radius 1 is 1.25 bits per heavy atom. The number of ether oxygens (including phenoxy) is 2. The Morgan fingerprint density at radius 3 is 2.55 bits per heavy atom. The smallest absolute Gasteiger partial charge is 0.313 e. The second-order valence-electron chi connectivity index (χ2n) is 4.53. The van der Waals surface area contributed by atoms with E-state index in [0.717, 1.165) is 24.6 Å². The van der Waals surface area contributed by atoms with Crippen LogP contribution in [0.4, 0.5) is 0 Å². The van der Waals surface area contributed by atoms with Gasteiger partial charge in [0.2, 0.25) is 5.91 Å². The van der Waals surface area contributed by atoms with Crippen LogP contribution in [-0.4, -0.2) is 72.4 Å². The van der Waals surface area contributed by atoms with Crippen LogP contribution in [0.1, 0.15) is 19.8 Å². The quantitative estimate of drug-likeness (QED) is 0.636. The summed E-state index contributed by atoms with van der Waals surface area (Å²) in [7, 11) is 0. The number of carboxylic acid groups (broad SMARTS) is 1. The Labute approximate surface area is 123 Å². The summed E-state index contributed by atoms with van der Waals surface area (Å²) in [5.74, 6) is -0.654. The van der Waals surface area contributed by atoms with E-state index in [1.165, 1.54) is 0 Å². The van der Waals surface area contributed by atoms with Crippen molar-refractivity contribution in [3.05, 3.63) is 0 Å². The summed E-state index contributed by atoms with van der Waals surface area (Å²) in [6.07, 6.45) is 1.87. The van der Waals surface area contributed by atoms with Crippen molar-refractivity contribution >= 4 is 23.6 Å². The van der Waals surface area contributed by atoms with Crippen LogP contribution < -0.4 is 0 Å². The SMILES string of the molecule is CCOCCOC1CCN(C(=O)CSCC(=O)O)CC1. The van der Waals surface area contributed by atoms with E-state index >= 15 is 0 Å². The normalized spacial score (nSPS) is 16.4. The highest BCUT2D eigenvalue weighted by atomic mass is 32.2. The number of hydrogen-bond acceptors (Lipinski definition) is 5. The predicted octanol–water partition coefficient (Wildman–Crippen LogP) is 0.848. The number of carbonyl (C=O) groups is 2. The molecule has 0 aromatic carbocycles. The maximum absolute atomic E-state index is 11.8. The molecule has 0 spiro atoms. The number of carbonyl (C=O) groups excluding carboxylic acids is 1. The summed E-state index contributed by atoms with van der Waals surface area (Å²) < 4.78 is 10.9. The highest BCUT2D eigenvalue weighted by molar-refractivity contribution is 8.00. The number of thioether (sulfide) groups is 1. The van der Waals surface area contributed by atoms with Gasteiger partial charge in [-0.05, 0) is 19.8 Å². The van der Waals surface area contributed by atoms with Gasteiger partial charge in [-0.1, -0.05) is 0 Å². The van der Waals surface area contributed by atoms with Gasteiger partial charge in [0.15, 0.2) is 0 Å². The second kappa shape index (κ2) is 10.0. The zero-order valence-corrected chi connectivity index (χ0v) is 12.7. The third-order valence-electron chi connectivity index (χ3n) is 3.03. The molecule has 0 saturated carbocycles. The Bertz CT molecular complexity index is 305. The molecule has 20 heavy (non-hydrogen) atoms. The van der Waals surface area contributed by atoms with Crippen molar-refractivity contribution < 1.29 is 24.2 Å². The molecule has 1 saturated heterocycles. The molecule has 1 heterocycles. The topological polar surface area (TPSA) is 76.1 Å². The molecule has 6 nitrogen and oxygen atoms in total. The lowest BCUT2D eigenvalue weighted by atomic mass is 10.1. The standard InChI is InChI=1S/C13H23NO5S/c1-2-18-7-8-19-11-3-5-14(6-4-11)12(15)9-20-10-13(16)17/h11H,2-10H2,1H3,(H,16,17). The summed E-state index contributed by atoms with van der Waals surface area (Å²) in [5.41, 5.74) is 0. The van der Waals surface area contributed by atoms with Gasteiger partial charge in [-0.3, -0.25) is 9.59 Å². The minimum atomic E-state index is -0.885. The van der Waals surface area contributed by atoms with E-state index in [1.54, 1.807) is 4.90 Å². The first-order valence-electron chi connectivity index (χ1n) is 6.90. The highest BCUT2D eigenvalue weighted by Crippen LogP contribution is 2.15. The lowest BCUT2D eigenvalue weighted by Crippen LogP contribution is -2.42. The molecule has 1 rings (SSSR count). The number of amides is 1. The molecule has 1 aliphatic rings. The average molecular weight is 305 g/mol. The average Bonchev–Trinajstić information content (AvgIpc) is 2.44. The molecule has 7 heteroatoms. The second-order valence-corrected chi connectivity index (χ2v) is 5.52. The molecule has 1 N–H and O–H groups in total. The molecule has 0 aromatic heterocycles. The fourth-order valence-corrected chi connectivity index (χ4v) is 2.64. The van der Waals surface area contributed by atoms with Crippen molar-refractivity contribution in [2.45, 2.75) is 25.9 Å². The van der Waals surface area contributed by atoms with E-state index in [0.29, 0.717) is 32.9 Å². The number of piperidine rings is 1. The van der Waals surface area contributed by atoms with Crippen molar-refractivity contribution in [3.63, 3.8) is 0 Å². The Morgan fingerprint density at radius 2 is 1.95 bits per heavy atom. The maximum Gasteiger partial charge on any atom is 0.313 e. The first-order valence-corrected chi connectivity index (χ1v) is 8.05. The minimum absolute atomic E-state index is 0.0176. The molecular formula is C13H23NO5S. The monoisotopic (exact) mass is 305 g/mol. The molecule has 0 aliphatic carbocycles. The van der Waals surface area contributed by atoms with Crippen molar-refractivity contribution in [1.29, 1.82) is 0 Å². The summed E-state index contributed by atoms with van der Waals surface area (Å²) in [4.78, 5) is 24.0. The van der Waals surface area contributed by atoms with Gasteiger partial charge >= 0.3 is 5.97 Å². The molecule has 1 fully saturated rings. The first kappa shape index (κ1) is 17.3. The van der Waals surface area contributed by atoms with Crippen molar-refractivity contribution in [2.75, 3.05) is 44.4 Å². The van der Waals surface area contributed by atoms with Crippen molar-refractivity contribution in [3.8, 4) is 0 Å². The van der Waals surface area contributed by atoms with Gasteiger partial charge in [0.1, 0.15) is 0 Å². The van der Waals surface area contributed by atoms with Crippen LogP contribution in [0.25, 0.3) is 0 Å². The molecule has 0 atom stereocenters. The number of carboxylic acids is 1. The van der Waals surface area contributed by atoms with Crippen LogP contribution in [0.5, 0.6) is 0 Å². The van der Waals surface area contributed by atoms with Gasteiger partial charge in [-0.15, -0.1) is 11.8 Å². The van der Waals surface area contributed by atoms with Gasteiger partial charge in [0, 0.05) is 19.7 Å². The van der Waals surface area contributed by atoms with Crippen LogP contribution >= 0.6 is 11.8 Å². The lowest BCUT2D eigenvalue weighted by molar-refractivity contribution is -0.133. The van der Waals surface area contributed by atoms with E-state index < -0.39 is 5.97 Å². The van der Waals surface area contributed by atoms with Gasteiger partial charge in [-0.2, -0.15) is 0 Å². The third-order valence-corrected chi connectivity index (χ3v) is 3.93. The summed E-state index contributed by atoms with van der Waals surface area (Å²) in [6, 6.07) is 0. The highest BCUT2D eigenvalue weighted by Gasteiger charge is 2.23. The number of aliphatic carboxylic acids is 1. The molecule has 0 bridgehead atoms. The van der Waals surface area contributed by atoms with E-state index in [1.807, 2.05) is 6.92 Å². The van der Waals surface area contributed by atoms with E-state index in [4.69, 9.17) is 14.6 Å². The molecule has 0 radical (unpaired) electrons. The fraction of sp³-hybridized carbons (Fsp3) is 0.846. The van der Waals surface area contributed by atoms with Crippen LogP contribution in [0.3, 0.4) is 0 Å². The fourth-order valence-electron chi connectivity index (χ4n) is 2.01. The van der Waals surface area contributed by atoms with Crippen LogP contribution in [0, 0.1) is 0 Å². The number of rotatable bonds is 9. The molecule has 0 aromatic rings. The summed E-state index contributed by atoms with van der Waals surface area (Å²) >= 11 is 1.14. The van der Waals surface area contributed by atoms with Gasteiger partial charge in [-0.25, -0.2) is 0 Å². The van der Waals surface area contributed by atoms with Crippen molar-refractivity contribution in [1.82, 2.24) is 4.90 Å². The van der Waals surface area contributed by atoms with E-state index in [-0.39, 0.29) is 23.5 Å². The largest absolute Gasteiger partial charge is 0.481 e. The van der Waals surface area contributed by atoms with Gasteiger partial charge in [0.25, 0.3) is 0 Å². The van der Waals surface area contributed by atoms with Gasteiger partial charge in [0.05, 0.1) is 30.8 Å². The Balaban J connectivity index is 2.11. The first-order chi connectivity index (χ1) is 9.63. The molecular weight excluding hydrogens is 282 g/mol. The number of likely N-dealkylation sites (tertiary alicyclic amines) is 1. The maximum atomic E-state index is 11.8. The molecule has 1 aliphatic heterocycles. The molecule has 0 unspecified atom stereocenters. The molecule has 1 amide bonds. The van der Waals surface area contributed by atoms with E-state index in [2.05, 4.69) is 0 Å².